The summed E-state index contributed by atoms with van der Waals surface area (Å²) in [6.07, 6.45) is 2.62. The Morgan fingerprint density at radius 3 is 3.00 bits per heavy atom. The summed E-state index contributed by atoms with van der Waals surface area (Å²) in [5.74, 6) is 0.304. The minimum absolute atomic E-state index is 0.304. The number of nitrogens with zero attached hydrogens (tertiary/aromatic N) is 2. The van der Waals surface area contributed by atoms with Gasteiger partial charge in [-0.2, -0.15) is 4.73 Å². The van der Waals surface area contributed by atoms with E-state index in [1.54, 1.807) is 0 Å². The van der Waals surface area contributed by atoms with Crippen LogP contribution in [0.1, 0.15) is 0 Å². The first kappa shape index (κ1) is 7.27. The van der Waals surface area contributed by atoms with Crippen molar-refractivity contribution >= 4 is 15.9 Å². The maximum atomic E-state index is 10.7. The molecule has 0 aliphatic heterocycles. The maximum absolute atomic E-state index is 10.7. The Morgan fingerprint density at radius 2 is 2.50 bits per heavy atom. The summed E-state index contributed by atoms with van der Waals surface area (Å²) in [5, 5.41) is 10.7. The van der Waals surface area contributed by atoms with Crippen LogP contribution in [0.15, 0.2) is 17.0 Å². The molecule has 0 radical (unpaired) electrons. The summed E-state index contributed by atoms with van der Waals surface area (Å²) >= 11 is 2.99. The number of rotatable bonds is 1. The molecule has 0 spiro atoms. The minimum Gasteiger partial charge on any atom is -0.618 e. The average molecular weight is 205 g/mol. The van der Waals surface area contributed by atoms with E-state index in [4.69, 9.17) is 4.74 Å². The van der Waals surface area contributed by atoms with Crippen molar-refractivity contribution in [3.8, 4) is 5.88 Å². The van der Waals surface area contributed by atoms with Crippen LogP contribution >= 0.6 is 15.9 Å². The van der Waals surface area contributed by atoms with E-state index < -0.39 is 0 Å². The molecule has 1 aromatic heterocycles. The van der Waals surface area contributed by atoms with Crippen molar-refractivity contribution in [1.29, 1.82) is 0 Å². The topological polar surface area (TPSA) is 49.1 Å². The zero-order chi connectivity index (χ0) is 7.56. The van der Waals surface area contributed by atoms with Crippen molar-refractivity contribution in [2.45, 2.75) is 0 Å². The first-order valence-corrected chi connectivity index (χ1v) is 3.32. The molecule has 4 nitrogen and oxygen atoms in total. The van der Waals surface area contributed by atoms with Crippen LogP contribution in [-0.4, -0.2) is 12.1 Å². The largest absolute Gasteiger partial charge is 0.618 e. The Labute approximate surface area is 66.2 Å². The van der Waals surface area contributed by atoms with Gasteiger partial charge in [-0.15, -0.1) is 0 Å². The highest BCUT2D eigenvalue weighted by Crippen LogP contribution is 2.04. The van der Waals surface area contributed by atoms with Gasteiger partial charge in [0, 0.05) is 15.9 Å². The fraction of sp³-hybridized carbons (Fsp3) is 0.200. The van der Waals surface area contributed by atoms with Crippen LogP contribution in [0.5, 0.6) is 5.88 Å². The van der Waals surface area contributed by atoms with E-state index in [2.05, 4.69) is 20.9 Å². The summed E-state index contributed by atoms with van der Waals surface area (Å²) in [5.41, 5.74) is 0. The van der Waals surface area contributed by atoms with Crippen molar-refractivity contribution in [1.82, 2.24) is 4.98 Å². The Hall–Kier alpha value is -0.840. The third kappa shape index (κ3) is 1.36. The van der Waals surface area contributed by atoms with Gasteiger partial charge >= 0.3 is 0 Å². The molecule has 0 saturated heterocycles. The minimum atomic E-state index is 0.304. The van der Waals surface area contributed by atoms with Gasteiger partial charge < -0.3 is 9.94 Å². The maximum Gasteiger partial charge on any atom is 0.281 e. The van der Waals surface area contributed by atoms with Crippen LogP contribution in [-0.2, 0) is 0 Å². The van der Waals surface area contributed by atoms with Crippen LogP contribution < -0.4 is 9.47 Å². The van der Waals surface area contributed by atoms with Crippen molar-refractivity contribution in [2.75, 3.05) is 7.11 Å². The predicted octanol–water partition coefficient (Wildman–Crippen LogP) is 0.486. The third-order valence-electron chi connectivity index (χ3n) is 0.946. The number of ether oxygens (including phenoxy) is 1. The van der Waals surface area contributed by atoms with Gasteiger partial charge in [0.05, 0.1) is 7.11 Å². The Bertz CT molecular complexity index is 241. The van der Waals surface area contributed by atoms with Crippen LogP contribution in [0, 0.1) is 5.21 Å². The van der Waals surface area contributed by atoms with Gasteiger partial charge in [-0.3, -0.25) is 0 Å². The van der Waals surface area contributed by atoms with Crippen molar-refractivity contribution in [3.05, 3.63) is 22.2 Å². The second-order valence-corrected chi connectivity index (χ2v) is 2.39. The van der Waals surface area contributed by atoms with Crippen LogP contribution in [0.4, 0.5) is 0 Å². The smallest absolute Gasteiger partial charge is 0.281 e. The van der Waals surface area contributed by atoms with E-state index in [0.717, 1.165) is 0 Å². The van der Waals surface area contributed by atoms with E-state index in [0.29, 0.717) is 15.2 Å². The molecule has 54 valence electrons. The molecular formula is C5H5BrN2O2. The van der Waals surface area contributed by atoms with Crippen LogP contribution in [0.25, 0.3) is 0 Å². The van der Waals surface area contributed by atoms with Crippen molar-refractivity contribution in [2.24, 2.45) is 0 Å². The molecule has 1 heterocycles. The lowest BCUT2D eigenvalue weighted by Gasteiger charge is -1.99. The molecule has 0 unspecified atom stereocenters. The number of halogens is 1. The molecule has 0 aliphatic carbocycles. The van der Waals surface area contributed by atoms with E-state index in [9.17, 15) is 5.21 Å². The summed E-state index contributed by atoms with van der Waals surface area (Å²) in [7, 11) is 1.45. The molecule has 0 amide bonds. The first-order valence-electron chi connectivity index (χ1n) is 2.52. The van der Waals surface area contributed by atoms with Gasteiger partial charge in [0.1, 0.15) is 6.20 Å². The highest BCUT2D eigenvalue weighted by atomic mass is 79.9. The molecular weight excluding hydrogens is 200 g/mol. The third-order valence-corrected chi connectivity index (χ3v) is 1.50. The zero-order valence-electron chi connectivity index (χ0n) is 5.24. The normalized spacial score (nSPS) is 9.40. The van der Waals surface area contributed by atoms with Crippen LogP contribution in [0.2, 0.25) is 0 Å². The number of methoxy groups -OCH3 is 1. The SMILES string of the molecule is COc1c[n+]([O-])c(Br)cn1. The first-order chi connectivity index (χ1) is 4.74. The Balaban J connectivity index is 3.04. The van der Waals surface area contributed by atoms with Gasteiger partial charge in [0.25, 0.3) is 10.5 Å². The van der Waals surface area contributed by atoms with Gasteiger partial charge in [0.15, 0.2) is 0 Å². The predicted molar refractivity (Wildman–Crippen MR) is 37.4 cm³/mol. The van der Waals surface area contributed by atoms with Crippen LogP contribution in [0.3, 0.4) is 0 Å². The molecule has 0 fully saturated rings. The zero-order valence-corrected chi connectivity index (χ0v) is 6.83. The van der Waals surface area contributed by atoms with Gasteiger partial charge in [-0.1, -0.05) is 0 Å². The molecule has 0 atom stereocenters. The standard InChI is InChI=1S/C5H5BrN2O2/c1-10-5-3-8(9)4(6)2-7-5/h2-3H,1H3. The molecule has 0 bridgehead atoms. The van der Waals surface area contributed by atoms with Crippen molar-refractivity contribution in [3.63, 3.8) is 0 Å². The summed E-state index contributed by atoms with van der Waals surface area (Å²) < 4.78 is 5.70. The summed E-state index contributed by atoms with van der Waals surface area (Å²) in [6, 6.07) is 0. The fourth-order valence-electron chi connectivity index (χ4n) is 0.475. The molecule has 0 aliphatic rings. The Kier molecular flexibility index (Phi) is 2.06. The number of aromatic nitrogens is 2. The molecule has 0 aromatic carbocycles. The van der Waals surface area contributed by atoms with Gasteiger partial charge in [-0.25, -0.2) is 4.98 Å². The summed E-state index contributed by atoms with van der Waals surface area (Å²) in [6.45, 7) is 0. The lowest BCUT2D eigenvalue weighted by Crippen LogP contribution is -2.27. The fourth-order valence-corrected chi connectivity index (χ4v) is 0.679. The monoisotopic (exact) mass is 204 g/mol. The lowest BCUT2D eigenvalue weighted by molar-refractivity contribution is -0.618. The Morgan fingerprint density at radius 1 is 1.80 bits per heavy atom. The second-order valence-electron chi connectivity index (χ2n) is 1.58. The summed E-state index contributed by atoms with van der Waals surface area (Å²) in [4.78, 5) is 3.77. The number of hydrogen-bond acceptors (Lipinski definition) is 3. The van der Waals surface area contributed by atoms with E-state index in [-0.39, 0.29) is 0 Å². The lowest BCUT2D eigenvalue weighted by atomic mass is 10.7. The van der Waals surface area contributed by atoms with E-state index in [1.165, 1.54) is 19.5 Å². The molecule has 10 heavy (non-hydrogen) atoms. The highest BCUT2D eigenvalue weighted by molar-refractivity contribution is 9.10. The van der Waals surface area contributed by atoms with Crippen molar-refractivity contribution < 1.29 is 9.47 Å². The van der Waals surface area contributed by atoms with Gasteiger partial charge in [-0.05, 0) is 0 Å². The quantitative estimate of drug-likeness (QED) is 0.495. The molecule has 0 saturated carbocycles. The molecule has 0 N–H and O–H groups in total. The number of hydrogen-bond donors (Lipinski definition) is 0. The highest BCUT2D eigenvalue weighted by Gasteiger charge is 2.02. The molecule has 1 rings (SSSR count). The average Bonchev–Trinajstić information content (AvgIpc) is 1.95. The molecule has 5 heteroatoms. The molecule has 1 aromatic rings. The van der Waals surface area contributed by atoms with E-state index in [1.807, 2.05) is 0 Å². The van der Waals surface area contributed by atoms with E-state index >= 15 is 0 Å². The van der Waals surface area contributed by atoms with Gasteiger partial charge in [0.2, 0.25) is 6.20 Å². The second kappa shape index (κ2) is 2.83.